The molecule has 0 spiro atoms. The zero-order valence-corrected chi connectivity index (χ0v) is 30.0. The monoisotopic (exact) mass is 707 g/mol. The van der Waals surface area contributed by atoms with Gasteiger partial charge in [-0.05, 0) is 67.9 Å². The van der Waals surface area contributed by atoms with E-state index in [1.54, 1.807) is 17.2 Å². The van der Waals surface area contributed by atoms with Crippen LogP contribution in [0.5, 0.6) is 5.75 Å². The summed E-state index contributed by atoms with van der Waals surface area (Å²) < 4.78 is 24.4. The van der Waals surface area contributed by atoms with Crippen molar-refractivity contribution < 1.29 is 18.7 Å². The van der Waals surface area contributed by atoms with E-state index in [0.29, 0.717) is 35.7 Å². The van der Waals surface area contributed by atoms with Crippen LogP contribution in [0.2, 0.25) is 0 Å². The summed E-state index contributed by atoms with van der Waals surface area (Å²) in [6.45, 7) is 9.26. The van der Waals surface area contributed by atoms with Gasteiger partial charge in [0.05, 0.1) is 59.2 Å². The Kier molecular flexibility index (Phi) is 8.65. The van der Waals surface area contributed by atoms with E-state index in [4.69, 9.17) is 21.2 Å². The Morgan fingerprint density at radius 2 is 1.40 bits per heavy atom. The average Bonchev–Trinajstić information content (AvgIpc) is 3.98. The molecule has 5 aromatic rings. The van der Waals surface area contributed by atoms with Crippen LogP contribution in [-0.4, -0.2) is 71.3 Å². The molecule has 272 valence electrons. The Morgan fingerprint density at radius 3 is 2.02 bits per heavy atom. The summed E-state index contributed by atoms with van der Waals surface area (Å²) in [6, 6.07) is 10.4. The third-order valence-corrected chi connectivity index (χ3v) is 11.1. The summed E-state index contributed by atoms with van der Waals surface area (Å²) in [5.41, 5.74) is 17.6. The molecule has 6 N–H and O–H groups in total. The second-order valence-corrected chi connectivity index (χ2v) is 15.1. The van der Waals surface area contributed by atoms with E-state index in [2.05, 4.69) is 27.1 Å². The van der Waals surface area contributed by atoms with Crippen molar-refractivity contribution in [3.05, 3.63) is 66.3 Å². The fourth-order valence-electron chi connectivity index (χ4n) is 7.91. The van der Waals surface area contributed by atoms with E-state index < -0.39 is 17.9 Å². The largest absolute Gasteiger partial charge is 0.469 e. The molecule has 0 unspecified atom stereocenters. The van der Waals surface area contributed by atoms with Crippen molar-refractivity contribution in [1.82, 2.24) is 34.3 Å². The molecule has 0 saturated carbocycles. The minimum atomic E-state index is -0.577. The number of likely N-dealkylation sites (tertiary alicyclic amines) is 2. The van der Waals surface area contributed by atoms with Gasteiger partial charge in [0.25, 0.3) is 0 Å². The summed E-state index contributed by atoms with van der Waals surface area (Å²) >= 11 is 0. The van der Waals surface area contributed by atoms with E-state index in [1.165, 1.54) is 0 Å². The molecule has 3 aromatic heterocycles. The van der Waals surface area contributed by atoms with Gasteiger partial charge < -0.3 is 40.5 Å². The molecule has 4 atom stereocenters. The van der Waals surface area contributed by atoms with Gasteiger partial charge in [0.15, 0.2) is 18.3 Å². The highest BCUT2D eigenvalue weighted by atomic mass is 19.1. The van der Waals surface area contributed by atoms with Crippen molar-refractivity contribution in [2.24, 2.45) is 23.3 Å². The van der Waals surface area contributed by atoms with Gasteiger partial charge in [-0.2, -0.15) is 0 Å². The number of halogens is 1. The van der Waals surface area contributed by atoms with Crippen molar-refractivity contribution in [1.29, 1.82) is 0 Å². The summed E-state index contributed by atoms with van der Waals surface area (Å²) in [5, 5.41) is 0.983. The molecule has 0 aliphatic carbocycles. The van der Waals surface area contributed by atoms with Gasteiger partial charge in [-0.25, -0.2) is 14.4 Å². The van der Waals surface area contributed by atoms with E-state index in [-0.39, 0.29) is 48.2 Å². The first-order chi connectivity index (χ1) is 25.0. The number of rotatable bonds is 8. The average molecular weight is 708 g/mol. The second-order valence-electron chi connectivity index (χ2n) is 15.1. The van der Waals surface area contributed by atoms with Crippen molar-refractivity contribution in [2.45, 2.75) is 84.3 Å². The fraction of sp³-hybridized carbons (Fsp3) is 0.436. The molecular weight excluding hydrogens is 661 g/mol. The standard InChI is InChI=1S/C39H46FN9O3/c1-20(2)33(41)38(50)47-13-5-7-29(47)36-43-17-26(45-36)22-9-12-28-23(15-22)16-31-25-11-10-24(32(40)35(25)52-19-49(28)31)27-18-44-37(46-27)30-8-6-14-48(30)39(51)34(42)21(3)4/h9-12,15-18,20-21,29-30,33-34H,5-8,13-14,19,41-42H2,1-4H3,(H,43,45)(H,44,46)/t29-,30-,33-,34-/m0/s1. The van der Waals surface area contributed by atoms with Crippen LogP contribution in [0.4, 0.5) is 4.39 Å². The maximum atomic E-state index is 16.2. The first-order valence-electron chi connectivity index (χ1n) is 18.3. The third kappa shape index (κ3) is 5.66. The number of hydrogen-bond acceptors (Lipinski definition) is 7. The number of imidazole rings is 2. The lowest BCUT2D eigenvalue weighted by molar-refractivity contribution is -0.135. The number of nitrogens with one attached hydrogen (secondary N) is 2. The number of carbonyl (C=O) groups excluding carboxylic acids is 2. The van der Waals surface area contributed by atoms with Crippen LogP contribution < -0.4 is 16.2 Å². The van der Waals surface area contributed by atoms with E-state index in [1.807, 2.05) is 61.6 Å². The molecule has 2 amide bonds. The number of aromatic amines is 2. The summed E-state index contributed by atoms with van der Waals surface area (Å²) in [5.74, 6) is 1.07. The highest BCUT2D eigenvalue weighted by molar-refractivity contribution is 5.92. The van der Waals surface area contributed by atoms with Gasteiger partial charge in [-0.15, -0.1) is 0 Å². The smallest absolute Gasteiger partial charge is 0.240 e. The maximum Gasteiger partial charge on any atom is 0.240 e. The van der Waals surface area contributed by atoms with Gasteiger partial charge in [0, 0.05) is 35.2 Å². The van der Waals surface area contributed by atoms with E-state index >= 15 is 4.39 Å². The zero-order chi connectivity index (χ0) is 36.4. The quantitative estimate of drug-likeness (QED) is 0.157. The predicted octanol–water partition coefficient (Wildman–Crippen LogP) is 5.87. The lowest BCUT2D eigenvalue weighted by Gasteiger charge is -2.27. The number of nitrogens with two attached hydrogens (primary N) is 2. The first kappa shape index (κ1) is 34.1. The number of nitrogens with zero attached hydrogens (tertiary/aromatic N) is 5. The molecule has 6 heterocycles. The van der Waals surface area contributed by atoms with Crippen LogP contribution in [0.1, 0.15) is 77.1 Å². The Balaban J connectivity index is 1.04. The molecule has 2 fully saturated rings. The number of amides is 2. The molecule has 2 aromatic carbocycles. The predicted molar refractivity (Wildman–Crippen MR) is 196 cm³/mol. The number of carbonyl (C=O) groups is 2. The van der Waals surface area contributed by atoms with Gasteiger partial charge in [0.2, 0.25) is 11.8 Å². The normalized spacial score (nSPS) is 19.7. The molecule has 8 rings (SSSR count). The van der Waals surface area contributed by atoms with Crippen LogP contribution in [0.15, 0.2) is 48.8 Å². The number of H-pyrrole nitrogens is 2. The van der Waals surface area contributed by atoms with Crippen molar-refractivity contribution >= 4 is 22.7 Å². The minimum Gasteiger partial charge on any atom is -0.469 e. The van der Waals surface area contributed by atoms with Crippen LogP contribution in [0.3, 0.4) is 0 Å². The Bertz CT molecular complexity index is 2170. The highest BCUT2D eigenvalue weighted by Gasteiger charge is 2.37. The highest BCUT2D eigenvalue weighted by Crippen LogP contribution is 2.44. The summed E-state index contributed by atoms with van der Waals surface area (Å²) in [4.78, 5) is 45.9. The van der Waals surface area contributed by atoms with Gasteiger partial charge in [0.1, 0.15) is 11.6 Å². The SMILES string of the molecule is CC(C)[C@H](N)C(=O)N1CCC[C@H]1c1ncc(-c2ccc3c(c2)cc2n3COc3c-2ccc(-c2cnc([C@@H]4CCCN4C(=O)[C@@H](N)C(C)C)[nH]2)c3F)[nH]1. The van der Waals surface area contributed by atoms with Crippen LogP contribution in [0.25, 0.3) is 44.7 Å². The third-order valence-electron chi connectivity index (χ3n) is 11.1. The lowest BCUT2D eigenvalue weighted by Crippen LogP contribution is -2.46. The summed E-state index contributed by atoms with van der Waals surface area (Å²) in [6.07, 6.45) is 6.79. The van der Waals surface area contributed by atoms with Crippen LogP contribution in [0, 0.1) is 17.7 Å². The number of fused-ring (bicyclic) bond motifs is 5. The van der Waals surface area contributed by atoms with Crippen LogP contribution in [-0.2, 0) is 16.3 Å². The molecule has 2 saturated heterocycles. The number of aromatic nitrogens is 5. The molecule has 3 aliphatic rings. The van der Waals surface area contributed by atoms with E-state index in [0.717, 1.165) is 59.4 Å². The van der Waals surface area contributed by atoms with Gasteiger partial charge >= 0.3 is 0 Å². The fourth-order valence-corrected chi connectivity index (χ4v) is 7.91. The molecule has 12 nitrogen and oxygen atoms in total. The number of benzene rings is 2. The molecule has 0 radical (unpaired) electrons. The molecule has 3 aliphatic heterocycles. The van der Waals surface area contributed by atoms with Crippen molar-refractivity contribution in [3.8, 4) is 39.5 Å². The number of ether oxygens (including phenoxy) is 1. The molecular formula is C39H46FN9O3. The number of hydrogen-bond donors (Lipinski definition) is 4. The Morgan fingerprint density at radius 1 is 0.827 bits per heavy atom. The van der Waals surface area contributed by atoms with Crippen molar-refractivity contribution in [3.63, 3.8) is 0 Å². The molecule has 13 heteroatoms. The lowest BCUT2D eigenvalue weighted by atomic mass is 10.0. The maximum absolute atomic E-state index is 16.2. The Hall–Kier alpha value is -5.01. The minimum absolute atomic E-state index is 0.0258. The second kappa shape index (κ2) is 13.2. The van der Waals surface area contributed by atoms with Crippen molar-refractivity contribution in [2.75, 3.05) is 13.1 Å². The van der Waals surface area contributed by atoms with Gasteiger partial charge in [-0.1, -0.05) is 33.8 Å². The molecule has 0 bridgehead atoms. The topological polar surface area (TPSA) is 164 Å². The summed E-state index contributed by atoms with van der Waals surface area (Å²) in [7, 11) is 0. The zero-order valence-electron chi connectivity index (χ0n) is 30.0. The van der Waals surface area contributed by atoms with E-state index in [9.17, 15) is 9.59 Å². The van der Waals surface area contributed by atoms with Crippen LogP contribution >= 0.6 is 0 Å². The van der Waals surface area contributed by atoms with Gasteiger partial charge in [-0.3, -0.25) is 9.59 Å². The molecule has 52 heavy (non-hydrogen) atoms. The first-order valence-corrected chi connectivity index (χ1v) is 18.3. The Labute approximate surface area is 301 Å².